The highest BCUT2D eigenvalue weighted by Gasteiger charge is 2.16. The van der Waals surface area contributed by atoms with Crippen LogP contribution in [0.4, 0.5) is 17.3 Å². The molecule has 4 heterocycles. The molecule has 35 heavy (non-hydrogen) atoms. The first-order chi connectivity index (χ1) is 17.2. The standard InChI is InChI=1S/C27H25N7O/c1-32-14-16-33(17-15-32)20-11-9-19(10-12-20)30-27-29-18-23-24(31-27)22-8-5-13-28-25(22)34(26(23)35)21-6-3-2-4-7-21/h2-13,18H,14-17H2,1H3,(H,29,30,31). The van der Waals surface area contributed by atoms with E-state index in [-0.39, 0.29) is 5.56 Å². The van der Waals surface area contributed by atoms with Crippen molar-refractivity contribution in [3.8, 4) is 5.69 Å². The second kappa shape index (κ2) is 8.81. The summed E-state index contributed by atoms with van der Waals surface area (Å²) in [5, 5.41) is 4.53. The summed E-state index contributed by atoms with van der Waals surface area (Å²) in [5.74, 6) is 0.437. The fourth-order valence-corrected chi connectivity index (χ4v) is 4.55. The quantitative estimate of drug-likeness (QED) is 0.406. The molecule has 1 saturated heterocycles. The van der Waals surface area contributed by atoms with Gasteiger partial charge in [-0.05, 0) is 55.6 Å². The maximum Gasteiger partial charge on any atom is 0.267 e. The topological polar surface area (TPSA) is 79.2 Å². The van der Waals surface area contributed by atoms with Gasteiger partial charge in [0.2, 0.25) is 5.95 Å². The van der Waals surface area contributed by atoms with Gasteiger partial charge in [0.1, 0.15) is 5.65 Å². The van der Waals surface area contributed by atoms with Crippen LogP contribution >= 0.6 is 0 Å². The zero-order valence-corrected chi connectivity index (χ0v) is 19.4. The predicted octanol–water partition coefficient (Wildman–Crippen LogP) is 3.82. The summed E-state index contributed by atoms with van der Waals surface area (Å²) < 4.78 is 1.62. The van der Waals surface area contributed by atoms with Gasteiger partial charge in [-0.25, -0.2) is 15.0 Å². The van der Waals surface area contributed by atoms with Gasteiger partial charge in [-0.3, -0.25) is 9.36 Å². The number of pyridine rings is 2. The molecular weight excluding hydrogens is 438 g/mol. The Bertz CT molecular complexity index is 1560. The number of nitrogens with zero attached hydrogens (tertiary/aromatic N) is 6. The summed E-state index contributed by atoms with van der Waals surface area (Å²) in [5.41, 5.74) is 3.81. The Morgan fingerprint density at radius 3 is 2.34 bits per heavy atom. The van der Waals surface area contributed by atoms with E-state index in [9.17, 15) is 4.79 Å². The molecule has 0 bridgehead atoms. The number of anilines is 3. The number of para-hydroxylation sites is 1. The Morgan fingerprint density at radius 2 is 1.57 bits per heavy atom. The van der Waals surface area contributed by atoms with Gasteiger partial charge in [0.05, 0.1) is 16.6 Å². The lowest BCUT2D eigenvalue weighted by Crippen LogP contribution is -2.44. The molecule has 1 aliphatic heterocycles. The lowest BCUT2D eigenvalue weighted by molar-refractivity contribution is 0.313. The van der Waals surface area contributed by atoms with E-state index in [4.69, 9.17) is 4.98 Å². The van der Waals surface area contributed by atoms with Crippen molar-refractivity contribution in [2.45, 2.75) is 0 Å². The van der Waals surface area contributed by atoms with Gasteiger partial charge in [-0.15, -0.1) is 0 Å². The second-order valence-electron chi connectivity index (χ2n) is 8.77. The molecule has 0 aliphatic carbocycles. The number of aromatic nitrogens is 4. The highest BCUT2D eigenvalue weighted by Crippen LogP contribution is 2.25. The number of nitrogens with one attached hydrogen (secondary N) is 1. The molecule has 0 saturated carbocycles. The van der Waals surface area contributed by atoms with E-state index in [1.807, 2.05) is 54.6 Å². The molecule has 1 aliphatic rings. The van der Waals surface area contributed by atoms with E-state index in [1.54, 1.807) is 17.0 Å². The lowest BCUT2D eigenvalue weighted by atomic mass is 10.2. The van der Waals surface area contributed by atoms with E-state index in [2.05, 4.69) is 44.3 Å². The molecule has 174 valence electrons. The monoisotopic (exact) mass is 463 g/mol. The SMILES string of the molecule is CN1CCN(c2ccc(Nc3ncc4c(=O)n(-c5ccccc5)c5ncccc5c4n3)cc2)CC1. The maximum atomic E-state index is 13.4. The molecule has 1 fully saturated rings. The third-order valence-corrected chi connectivity index (χ3v) is 6.48. The van der Waals surface area contributed by atoms with Crippen LogP contribution in [0.5, 0.6) is 0 Å². The number of piperazine rings is 1. The molecule has 6 rings (SSSR count). The molecular formula is C27H25N7O. The summed E-state index contributed by atoms with van der Waals surface area (Å²) in [6.07, 6.45) is 3.28. The van der Waals surface area contributed by atoms with Gasteiger partial charge in [0, 0.05) is 55.3 Å². The average molecular weight is 464 g/mol. The Hall–Kier alpha value is -4.30. The van der Waals surface area contributed by atoms with Crippen molar-refractivity contribution in [3.05, 3.63) is 89.5 Å². The average Bonchev–Trinajstić information content (AvgIpc) is 2.90. The summed E-state index contributed by atoms with van der Waals surface area (Å²) in [6.45, 7) is 4.19. The number of likely N-dealkylation sites (N-methyl/N-ethyl adjacent to an activating group) is 1. The Kier molecular flexibility index (Phi) is 5.35. The summed E-state index contributed by atoms with van der Waals surface area (Å²) in [4.78, 5) is 31.9. The van der Waals surface area contributed by atoms with Crippen molar-refractivity contribution in [2.24, 2.45) is 0 Å². The van der Waals surface area contributed by atoms with Crippen LogP contribution in [0.15, 0.2) is 83.9 Å². The first kappa shape index (κ1) is 21.2. The smallest absolute Gasteiger partial charge is 0.267 e. The Balaban J connectivity index is 1.36. The summed E-state index contributed by atoms with van der Waals surface area (Å²) in [7, 11) is 2.16. The molecule has 0 atom stereocenters. The van der Waals surface area contributed by atoms with Crippen LogP contribution in [0.25, 0.3) is 27.6 Å². The third-order valence-electron chi connectivity index (χ3n) is 6.48. The van der Waals surface area contributed by atoms with E-state index >= 15 is 0 Å². The van der Waals surface area contributed by atoms with Crippen molar-refractivity contribution in [3.63, 3.8) is 0 Å². The van der Waals surface area contributed by atoms with Crippen LogP contribution in [-0.4, -0.2) is 57.6 Å². The van der Waals surface area contributed by atoms with E-state index in [1.165, 1.54) is 5.69 Å². The minimum Gasteiger partial charge on any atom is -0.369 e. The van der Waals surface area contributed by atoms with Gasteiger partial charge < -0.3 is 15.1 Å². The third kappa shape index (κ3) is 3.98. The van der Waals surface area contributed by atoms with E-state index < -0.39 is 0 Å². The summed E-state index contributed by atoms with van der Waals surface area (Å²) >= 11 is 0. The second-order valence-corrected chi connectivity index (χ2v) is 8.77. The fourth-order valence-electron chi connectivity index (χ4n) is 4.55. The van der Waals surface area contributed by atoms with Crippen molar-refractivity contribution in [2.75, 3.05) is 43.4 Å². The van der Waals surface area contributed by atoms with Crippen LogP contribution in [0.1, 0.15) is 0 Å². The van der Waals surface area contributed by atoms with Crippen molar-refractivity contribution >= 4 is 39.3 Å². The zero-order chi connectivity index (χ0) is 23.8. The van der Waals surface area contributed by atoms with E-state index in [0.717, 1.165) is 42.9 Å². The van der Waals surface area contributed by atoms with Gasteiger partial charge in [0.15, 0.2) is 0 Å². The van der Waals surface area contributed by atoms with Crippen molar-refractivity contribution in [1.82, 2.24) is 24.4 Å². The van der Waals surface area contributed by atoms with Crippen LogP contribution < -0.4 is 15.8 Å². The predicted molar refractivity (Wildman–Crippen MR) is 140 cm³/mol. The number of rotatable bonds is 4. The minimum absolute atomic E-state index is 0.194. The van der Waals surface area contributed by atoms with E-state index in [0.29, 0.717) is 22.5 Å². The van der Waals surface area contributed by atoms with Crippen LogP contribution in [0, 0.1) is 0 Å². The normalized spacial score (nSPS) is 14.5. The van der Waals surface area contributed by atoms with Gasteiger partial charge in [-0.1, -0.05) is 18.2 Å². The first-order valence-corrected chi connectivity index (χ1v) is 11.7. The molecule has 5 aromatic rings. The molecule has 1 N–H and O–H groups in total. The van der Waals surface area contributed by atoms with Gasteiger partial charge in [-0.2, -0.15) is 0 Å². The molecule has 0 spiro atoms. The lowest BCUT2D eigenvalue weighted by Gasteiger charge is -2.34. The van der Waals surface area contributed by atoms with Crippen LogP contribution in [-0.2, 0) is 0 Å². The Morgan fingerprint density at radius 1 is 0.800 bits per heavy atom. The zero-order valence-electron chi connectivity index (χ0n) is 19.4. The molecule has 0 radical (unpaired) electrons. The first-order valence-electron chi connectivity index (χ1n) is 11.7. The number of hydrogen-bond donors (Lipinski definition) is 1. The van der Waals surface area contributed by atoms with Crippen molar-refractivity contribution in [1.29, 1.82) is 0 Å². The molecule has 0 amide bonds. The molecule has 2 aromatic carbocycles. The molecule has 0 unspecified atom stereocenters. The van der Waals surface area contributed by atoms with Crippen LogP contribution in [0.2, 0.25) is 0 Å². The fraction of sp³-hybridized carbons (Fsp3) is 0.185. The van der Waals surface area contributed by atoms with Crippen molar-refractivity contribution < 1.29 is 0 Å². The number of benzene rings is 2. The molecule has 8 nitrogen and oxygen atoms in total. The number of fused-ring (bicyclic) bond motifs is 3. The van der Waals surface area contributed by atoms with Gasteiger partial charge >= 0.3 is 0 Å². The Labute approximate surface area is 202 Å². The highest BCUT2D eigenvalue weighted by molar-refractivity contribution is 6.02. The van der Waals surface area contributed by atoms with Gasteiger partial charge in [0.25, 0.3) is 5.56 Å². The maximum absolute atomic E-state index is 13.4. The largest absolute Gasteiger partial charge is 0.369 e. The molecule has 8 heteroatoms. The highest BCUT2D eigenvalue weighted by atomic mass is 16.1. The number of hydrogen-bond acceptors (Lipinski definition) is 7. The van der Waals surface area contributed by atoms with Crippen LogP contribution in [0.3, 0.4) is 0 Å². The molecule has 3 aromatic heterocycles. The summed E-state index contributed by atoms with van der Waals surface area (Å²) in [6, 6.07) is 21.6. The minimum atomic E-state index is -0.194.